The molecule has 0 N–H and O–H groups in total. The molecule has 0 radical (unpaired) electrons. The lowest BCUT2D eigenvalue weighted by Gasteiger charge is -2.18. The van der Waals surface area contributed by atoms with E-state index in [1.54, 1.807) is 0 Å². The summed E-state index contributed by atoms with van der Waals surface area (Å²) < 4.78 is 0. The molecule has 0 saturated carbocycles. The van der Waals surface area contributed by atoms with Crippen molar-refractivity contribution < 1.29 is 0 Å². The van der Waals surface area contributed by atoms with Crippen LogP contribution in [0.4, 0.5) is 0 Å². The third-order valence-corrected chi connectivity index (χ3v) is 9.20. The van der Waals surface area contributed by atoms with Gasteiger partial charge >= 0.3 is 0 Å². The van der Waals surface area contributed by atoms with Gasteiger partial charge in [-0.05, 0) is 105 Å². The molecule has 204 valence electrons. The second kappa shape index (κ2) is 9.93. The molecule has 0 aliphatic rings. The smallest absolute Gasteiger partial charge is 0.00262 e. The molecule has 0 amide bonds. The highest BCUT2D eigenvalue weighted by molar-refractivity contribution is 6.22. The lowest BCUT2D eigenvalue weighted by molar-refractivity contribution is 1.61. The topological polar surface area (TPSA) is 0 Å². The monoisotopic (exact) mass is 556 g/mol. The Hall–Kier alpha value is -5.72. The van der Waals surface area contributed by atoms with E-state index in [0.29, 0.717) is 0 Å². The summed E-state index contributed by atoms with van der Waals surface area (Å²) in [6, 6.07) is 62.3. The van der Waals surface area contributed by atoms with E-state index in [0.717, 1.165) is 0 Å². The van der Waals surface area contributed by atoms with Crippen molar-refractivity contribution in [3.05, 3.63) is 170 Å². The number of benzene rings is 9. The maximum atomic E-state index is 2.38. The van der Waals surface area contributed by atoms with Crippen LogP contribution < -0.4 is 0 Å². The Labute approximate surface area is 256 Å². The average molecular weight is 557 g/mol. The van der Waals surface area contributed by atoms with Crippen LogP contribution in [0.5, 0.6) is 0 Å². The zero-order valence-corrected chi connectivity index (χ0v) is 24.2. The van der Waals surface area contributed by atoms with Crippen molar-refractivity contribution >= 4 is 53.9 Å². The van der Waals surface area contributed by atoms with E-state index < -0.39 is 0 Å². The van der Waals surface area contributed by atoms with E-state index in [1.807, 2.05) is 0 Å². The minimum Gasteiger partial charge on any atom is -0.0622 e. The highest BCUT2D eigenvalue weighted by Gasteiger charge is 2.17. The van der Waals surface area contributed by atoms with Gasteiger partial charge in [-0.25, -0.2) is 0 Å². The lowest BCUT2D eigenvalue weighted by atomic mass is 9.85. The predicted octanol–water partition coefficient (Wildman–Crippen LogP) is 12.5. The molecule has 0 fully saturated rings. The summed E-state index contributed by atoms with van der Waals surface area (Å²) in [6.07, 6.45) is 0. The Kier molecular flexibility index (Phi) is 5.61. The SMILES string of the molecule is c1ccc(-c2ccc(-c3c4ccccc4c(-c4ccc5c(ccc6cc7ccccc7cc65)c4)c4ccccc34)cc2)cc1. The van der Waals surface area contributed by atoms with Gasteiger partial charge in [0.25, 0.3) is 0 Å². The Morgan fingerprint density at radius 2 is 0.659 bits per heavy atom. The summed E-state index contributed by atoms with van der Waals surface area (Å²) in [4.78, 5) is 0. The van der Waals surface area contributed by atoms with Crippen LogP contribution in [0.1, 0.15) is 0 Å². The van der Waals surface area contributed by atoms with Gasteiger partial charge < -0.3 is 0 Å². The maximum Gasteiger partial charge on any atom is -0.00262 e. The van der Waals surface area contributed by atoms with E-state index in [-0.39, 0.29) is 0 Å². The van der Waals surface area contributed by atoms with Gasteiger partial charge in [0.1, 0.15) is 0 Å². The van der Waals surface area contributed by atoms with Crippen LogP contribution in [-0.4, -0.2) is 0 Å². The van der Waals surface area contributed by atoms with E-state index in [4.69, 9.17) is 0 Å². The fraction of sp³-hybridized carbons (Fsp3) is 0. The third kappa shape index (κ3) is 3.92. The molecule has 0 heterocycles. The van der Waals surface area contributed by atoms with Crippen LogP contribution in [0.25, 0.3) is 87.2 Å². The summed E-state index contributed by atoms with van der Waals surface area (Å²) in [5.41, 5.74) is 7.54. The van der Waals surface area contributed by atoms with Crippen molar-refractivity contribution in [3.8, 4) is 33.4 Å². The first-order valence-electron chi connectivity index (χ1n) is 15.3. The van der Waals surface area contributed by atoms with Gasteiger partial charge in [-0.1, -0.05) is 152 Å². The first-order chi connectivity index (χ1) is 21.8. The predicted molar refractivity (Wildman–Crippen MR) is 190 cm³/mol. The van der Waals surface area contributed by atoms with Crippen LogP contribution in [-0.2, 0) is 0 Å². The van der Waals surface area contributed by atoms with Gasteiger partial charge in [-0.15, -0.1) is 0 Å². The standard InChI is InChI=1S/C44H28/c1-2-10-29(11-3-1)30-18-20-31(21-19-30)43-38-14-6-8-16-40(38)44(41-17-9-7-15-39(41)43)36-24-25-37-34(27-36)22-23-35-26-32-12-4-5-13-33(32)28-42(35)37/h1-28H. The quantitative estimate of drug-likeness (QED) is 0.150. The fourth-order valence-corrected chi connectivity index (χ4v) is 7.12. The van der Waals surface area contributed by atoms with Gasteiger partial charge in [-0.3, -0.25) is 0 Å². The molecular formula is C44H28. The van der Waals surface area contributed by atoms with Crippen molar-refractivity contribution in [3.63, 3.8) is 0 Å². The Bertz CT molecular complexity index is 2460. The highest BCUT2D eigenvalue weighted by atomic mass is 14.2. The number of hydrogen-bond acceptors (Lipinski definition) is 0. The van der Waals surface area contributed by atoms with E-state index in [1.165, 1.54) is 87.2 Å². The van der Waals surface area contributed by atoms with Crippen molar-refractivity contribution in [1.82, 2.24) is 0 Å². The molecule has 0 saturated heterocycles. The molecule has 9 aromatic carbocycles. The molecule has 0 bridgehead atoms. The van der Waals surface area contributed by atoms with Crippen molar-refractivity contribution in [2.45, 2.75) is 0 Å². The van der Waals surface area contributed by atoms with E-state index >= 15 is 0 Å². The fourth-order valence-electron chi connectivity index (χ4n) is 7.12. The van der Waals surface area contributed by atoms with E-state index in [2.05, 4.69) is 170 Å². The van der Waals surface area contributed by atoms with Crippen molar-refractivity contribution in [2.24, 2.45) is 0 Å². The van der Waals surface area contributed by atoms with Crippen LogP contribution in [0.15, 0.2) is 170 Å². The highest BCUT2D eigenvalue weighted by Crippen LogP contribution is 2.44. The normalized spacial score (nSPS) is 11.6. The summed E-state index contributed by atoms with van der Waals surface area (Å²) in [6.45, 7) is 0. The molecule has 0 unspecified atom stereocenters. The van der Waals surface area contributed by atoms with Gasteiger partial charge in [0.15, 0.2) is 0 Å². The molecule has 9 rings (SSSR count). The minimum absolute atomic E-state index is 1.23. The number of fused-ring (bicyclic) bond motifs is 6. The minimum atomic E-state index is 1.23. The Morgan fingerprint density at radius 1 is 0.205 bits per heavy atom. The number of rotatable bonds is 3. The van der Waals surface area contributed by atoms with Crippen molar-refractivity contribution in [1.29, 1.82) is 0 Å². The Morgan fingerprint density at radius 3 is 1.30 bits per heavy atom. The zero-order chi connectivity index (χ0) is 29.0. The van der Waals surface area contributed by atoms with Crippen LogP contribution in [0.3, 0.4) is 0 Å². The molecule has 0 atom stereocenters. The van der Waals surface area contributed by atoms with Gasteiger partial charge in [0.2, 0.25) is 0 Å². The average Bonchev–Trinajstić information content (AvgIpc) is 3.10. The first kappa shape index (κ1) is 24.8. The molecule has 0 aromatic heterocycles. The van der Waals surface area contributed by atoms with Crippen LogP contribution in [0, 0.1) is 0 Å². The second-order valence-corrected chi connectivity index (χ2v) is 11.7. The number of hydrogen-bond donors (Lipinski definition) is 0. The van der Waals surface area contributed by atoms with Crippen molar-refractivity contribution in [2.75, 3.05) is 0 Å². The summed E-state index contributed by atoms with van der Waals surface area (Å²) >= 11 is 0. The second-order valence-electron chi connectivity index (χ2n) is 11.7. The lowest BCUT2D eigenvalue weighted by Crippen LogP contribution is -1.91. The molecule has 0 aliphatic carbocycles. The van der Waals surface area contributed by atoms with Crippen LogP contribution in [0.2, 0.25) is 0 Å². The van der Waals surface area contributed by atoms with Gasteiger partial charge in [-0.2, -0.15) is 0 Å². The molecule has 0 heteroatoms. The maximum absolute atomic E-state index is 2.38. The molecule has 9 aromatic rings. The van der Waals surface area contributed by atoms with E-state index in [9.17, 15) is 0 Å². The summed E-state index contributed by atoms with van der Waals surface area (Å²) in [5.74, 6) is 0. The third-order valence-electron chi connectivity index (χ3n) is 9.20. The van der Waals surface area contributed by atoms with Gasteiger partial charge in [0, 0.05) is 0 Å². The summed E-state index contributed by atoms with van der Waals surface area (Å²) in [5, 5.41) is 12.8. The first-order valence-corrected chi connectivity index (χ1v) is 15.3. The molecular weight excluding hydrogens is 528 g/mol. The zero-order valence-electron chi connectivity index (χ0n) is 24.2. The Balaban J connectivity index is 1.27. The molecule has 0 nitrogen and oxygen atoms in total. The molecule has 0 aliphatic heterocycles. The van der Waals surface area contributed by atoms with Crippen LogP contribution >= 0.6 is 0 Å². The molecule has 0 spiro atoms. The largest absolute Gasteiger partial charge is 0.0622 e. The summed E-state index contributed by atoms with van der Waals surface area (Å²) in [7, 11) is 0. The van der Waals surface area contributed by atoms with Gasteiger partial charge in [0.05, 0.1) is 0 Å². The molecule has 44 heavy (non-hydrogen) atoms.